The zero-order valence-electron chi connectivity index (χ0n) is 13.0. The molecule has 7 heteroatoms. The third-order valence-corrected chi connectivity index (χ3v) is 5.75. The summed E-state index contributed by atoms with van der Waals surface area (Å²) in [4.78, 5) is 6.17. The fourth-order valence-corrected chi connectivity index (χ4v) is 3.88. The Morgan fingerprint density at radius 2 is 1.58 bits per heavy atom. The van der Waals surface area contributed by atoms with E-state index in [0.717, 1.165) is 11.3 Å². The number of anilines is 1. The third-order valence-electron chi connectivity index (χ3n) is 3.93. The van der Waals surface area contributed by atoms with Crippen molar-refractivity contribution < 1.29 is 8.42 Å². The van der Waals surface area contributed by atoms with Gasteiger partial charge in [-0.3, -0.25) is 4.98 Å². The van der Waals surface area contributed by atoms with Gasteiger partial charge in [0.15, 0.2) is 0 Å². The van der Waals surface area contributed by atoms with Crippen molar-refractivity contribution in [3.05, 3.63) is 64.8 Å². The molecule has 3 rings (SSSR count). The van der Waals surface area contributed by atoms with E-state index in [-0.39, 0.29) is 0 Å². The molecule has 0 bridgehead atoms. The van der Waals surface area contributed by atoms with Crippen LogP contribution >= 0.6 is 11.6 Å². The fourth-order valence-electron chi connectivity index (χ4n) is 2.58. The van der Waals surface area contributed by atoms with Crippen molar-refractivity contribution in [3.63, 3.8) is 0 Å². The lowest BCUT2D eigenvalue weighted by molar-refractivity contribution is 0.390. The molecule has 1 saturated heterocycles. The zero-order valence-corrected chi connectivity index (χ0v) is 14.6. The van der Waals surface area contributed by atoms with Crippen LogP contribution in [0.25, 0.3) is 6.08 Å². The molecule has 0 N–H and O–H groups in total. The first kappa shape index (κ1) is 17.0. The summed E-state index contributed by atoms with van der Waals surface area (Å²) in [6, 6.07) is 10.9. The van der Waals surface area contributed by atoms with Gasteiger partial charge in [-0.25, -0.2) is 8.42 Å². The highest BCUT2D eigenvalue weighted by molar-refractivity contribution is 7.92. The van der Waals surface area contributed by atoms with E-state index in [2.05, 4.69) is 9.88 Å². The van der Waals surface area contributed by atoms with Crippen LogP contribution in [0.15, 0.2) is 54.2 Å². The van der Waals surface area contributed by atoms with E-state index in [1.807, 2.05) is 12.1 Å². The van der Waals surface area contributed by atoms with E-state index in [0.29, 0.717) is 31.2 Å². The molecule has 0 saturated carbocycles. The van der Waals surface area contributed by atoms with Gasteiger partial charge in [-0.15, -0.1) is 0 Å². The van der Waals surface area contributed by atoms with Crippen LogP contribution in [0, 0.1) is 0 Å². The van der Waals surface area contributed by atoms with Gasteiger partial charge in [0.2, 0.25) is 10.0 Å². The Hall–Kier alpha value is -1.89. The molecule has 0 aliphatic carbocycles. The second-order valence-corrected chi connectivity index (χ2v) is 7.75. The summed E-state index contributed by atoms with van der Waals surface area (Å²) in [6.07, 6.45) is 5.08. The third kappa shape index (κ3) is 4.14. The standard InChI is InChI=1S/C17H18ClN3O2S/c18-16-3-1-15(2-4-16)7-14-24(22,23)21-12-10-20(11-13-21)17-5-8-19-9-6-17/h1-9,14H,10-13H2/b14-7+. The first-order valence-corrected chi connectivity index (χ1v) is 9.51. The van der Waals surface area contributed by atoms with E-state index >= 15 is 0 Å². The molecule has 0 unspecified atom stereocenters. The van der Waals surface area contributed by atoms with Crippen molar-refractivity contribution in [2.75, 3.05) is 31.1 Å². The average Bonchev–Trinajstić information content (AvgIpc) is 2.62. The van der Waals surface area contributed by atoms with Crippen LogP contribution in [0.2, 0.25) is 5.02 Å². The minimum atomic E-state index is -3.42. The van der Waals surface area contributed by atoms with Gasteiger partial charge >= 0.3 is 0 Å². The van der Waals surface area contributed by atoms with E-state index in [9.17, 15) is 8.42 Å². The normalized spacial score (nSPS) is 16.6. The van der Waals surface area contributed by atoms with Crippen molar-refractivity contribution in [3.8, 4) is 0 Å². The molecular weight excluding hydrogens is 346 g/mol. The number of hydrogen-bond donors (Lipinski definition) is 0. The molecular formula is C17H18ClN3O2S. The summed E-state index contributed by atoms with van der Waals surface area (Å²) in [5.41, 5.74) is 1.87. The Morgan fingerprint density at radius 1 is 0.958 bits per heavy atom. The molecule has 0 amide bonds. The Labute approximate surface area is 147 Å². The maximum absolute atomic E-state index is 12.5. The van der Waals surface area contributed by atoms with Crippen molar-refractivity contribution >= 4 is 33.4 Å². The van der Waals surface area contributed by atoms with E-state index in [1.54, 1.807) is 42.7 Å². The molecule has 1 aromatic carbocycles. The Morgan fingerprint density at radius 3 is 2.21 bits per heavy atom. The molecule has 1 aromatic heterocycles. The molecule has 0 radical (unpaired) electrons. The van der Waals surface area contributed by atoms with Crippen LogP contribution in [0.4, 0.5) is 5.69 Å². The molecule has 1 fully saturated rings. The summed E-state index contributed by atoms with van der Waals surface area (Å²) in [5, 5.41) is 1.89. The van der Waals surface area contributed by atoms with Crippen LogP contribution in [-0.2, 0) is 10.0 Å². The smallest absolute Gasteiger partial charge is 0.236 e. The zero-order chi connectivity index (χ0) is 17.0. The number of piperazine rings is 1. The number of aromatic nitrogens is 1. The number of halogens is 1. The van der Waals surface area contributed by atoms with Crippen LogP contribution in [-0.4, -0.2) is 43.9 Å². The Kier molecular flexibility index (Phi) is 5.18. The molecule has 126 valence electrons. The first-order valence-electron chi connectivity index (χ1n) is 7.63. The fraction of sp³-hybridized carbons (Fsp3) is 0.235. The van der Waals surface area contributed by atoms with Crippen LogP contribution in [0.1, 0.15) is 5.56 Å². The Bertz CT molecular complexity index is 799. The van der Waals surface area contributed by atoms with Gasteiger partial charge in [0, 0.05) is 54.7 Å². The maximum Gasteiger partial charge on any atom is 0.236 e. The molecule has 24 heavy (non-hydrogen) atoms. The number of rotatable bonds is 4. The number of sulfonamides is 1. The summed E-state index contributed by atoms with van der Waals surface area (Å²) in [7, 11) is -3.42. The van der Waals surface area contributed by atoms with Gasteiger partial charge in [-0.1, -0.05) is 23.7 Å². The van der Waals surface area contributed by atoms with Crippen LogP contribution in [0.5, 0.6) is 0 Å². The van der Waals surface area contributed by atoms with E-state index in [1.165, 1.54) is 9.71 Å². The summed E-state index contributed by atoms with van der Waals surface area (Å²) in [5.74, 6) is 0. The topological polar surface area (TPSA) is 53.5 Å². The Balaban J connectivity index is 1.63. The summed E-state index contributed by atoms with van der Waals surface area (Å²) >= 11 is 5.83. The van der Waals surface area contributed by atoms with Gasteiger partial charge in [-0.2, -0.15) is 4.31 Å². The quantitative estimate of drug-likeness (QED) is 0.838. The highest BCUT2D eigenvalue weighted by Crippen LogP contribution is 2.18. The largest absolute Gasteiger partial charge is 0.369 e. The predicted molar refractivity (Wildman–Crippen MR) is 97.4 cm³/mol. The van der Waals surface area contributed by atoms with Gasteiger partial charge in [0.1, 0.15) is 0 Å². The van der Waals surface area contributed by atoms with Gasteiger partial charge < -0.3 is 4.90 Å². The molecule has 5 nitrogen and oxygen atoms in total. The van der Waals surface area contributed by atoms with Crippen molar-refractivity contribution in [2.24, 2.45) is 0 Å². The minimum Gasteiger partial charge on any atom is -0.369 e. The van der Waals surface area contributed by atoms with Crippen molar-refractivity contribution in [1.82, 2.24) is 9.29 Å². The lowest BCUT2D eigenvalue weighted by atomic mass is 10.2. The van der Waals surface area contributed by atoms with Crippen molar-refractivity contribution in [1.29, 1.82) is 0 Å². The molecule has 0 atom stereocenters. The summed E-state index contributed by atoms with van der Waals surface area (Å²) < 4.78 is 26.4. The predicted octanol–water partition coefficient (Wildman–Crippen LogP) is 2.86. The second-order valence-electron chi connectivity index (χ2n) is 5.49. The van der Waals surface area contributed by atoms with Crippen molar-refractivity contribution in [2.45, 2.75) is 0 Å². The molecule has 1 aliphatic rings. The monoisotopic (exact) mass is 363 g/mol. The highest BCUT2D eigenvalue weighted by Gasteiger charge is 2.25. The summed E-state index contributed by atoms with van der Waals surface area (Å²) in [6.45, 7) is 2.27. The van der Waals surface area contributed by atoms with Gasteiger partial charge in [0.25, 0.3) is 0 Å². The number of nitrogens with zero attached hydrogens (tertiary/aromatic N) is 3. The van der Waals surface area contributed by atoms with Gasteiger partial charge in [-0.05, 0) is 35.9 Å². The lowest BCUT2D eigenvalue weighted by Crippen LogP contribution is -2.48. The van der Waals surface area contributed by atoms with Gasteiger partial charge in [0.05, 0.1) is 0 Å². The minimum absolute atomic E-state index is 0.468. The lowest BCUT2D eigenvalue weighted by Gasteiger charge is -2.34. The first-order chi connectivity index (χ1) is 11.5. The number of pyridine rings is 1. The number of benzene rings is 1. The average molecular weight is 364 g/mol. The highest BCUT2D eigenvalue weighted by atomic mass is 35.5. The molecule has 2 heterocycles. The van der Waals surface area contributed by atoms with E-state index in [4.69, 9.17) is 11.6 Å². The number of hydrogen-bond acceptors (Lipinski definition) is 4. The van der Waals surface area contributed by atoms with Crippen LogP contribution < -0.4 is 4.90 Å². The molecule has 0 spiro atoms. The molecule has 2 aromatic rings. The maximum atomic E-state index is 12.5. The second kappa shape index (κ2) is 7.34. The van der Waals surface area contributed by atoms with E-state index < -0.39 is 10.0 Å². The van der Waals surface area contributed by atoms with Crippen LogP contribution in [0.3, 0.4) is 0 Å². The molecule has 1 aliphatic heterocycles. The SMILES string of the molecule is O=S(=O)(/C=C/c1ccc(Cl)cc1)N1CCN(c2ccncc2)CC1.